The Bertz CT molecular complexity index is 1350. The van der Waals surface area contributed by atoms with Crippen molar-refractivity contribution in [2.24, 2.45) is 5.92 Å². The standard InChI is InChI=1S/C34H42N2O7/c1-21-30(19-36(5)22(2)31(39)26-10-7-6-8-11-26)42-34(43-32(21)27-16-14-25(20-37)15-17-27)28-12-9-13-29(18-28)35-33(40)23(3)41-24(4)38/h6-18,21-23,30-32,34,37,39H,19-20H2,1-5H3,(H,35,40)/t21-,22-,23-,30+,31-,32+,34?/m0/s1. The van der Waals surface area contributed by atoms with Crippen molar-refractivity contribution in [1.29, 1.82) is 0 Å². The van der Waals surface area contributed by atoms with Gasteiger partial charge < -0.3 is 29.7 Å². The zero-order valence-corrected chi connectivity index (χ0v) is 25.3. The van der Waals surface area contributed by atoms with Crippen molar-refractivity contribution in [2.75, 3.05) is 18.9 Å². The lowest BCUT2D eigenvalue weighted by Gasteiger charge is -2.43. The summed E-state index contributed by atoms with van der Waals surface area (Å²) in [5.41, 5.74) is 3.86. The normalized spacial score (nSPS) is 22.4. The Balaban J connectivity index is 1.57. The van der Waals surface area contributed by atoms with E-state index in [0.717, 1.165) is 16.7 Å². The van der Waals surface area contributed by atoms with E-state index >= 15 is 0 Å². The Morgan fingerprint density at radius 2 is 1.67 bits per heavy atom. The molecular formula is C34H42N2O7. The van der Waals surface area contributed by atoms with E-state index in [2.05, 4.69) is 17.1 Å². The number of nitrogens with zero attached hydrogens (tertiary/aromatic N) is 1. The second kappa shape index (κ2) is 14.7. The Morgan fingerprint density at radius 1 is 0.977 bits per heavy atom. The molecule has 1 aliphatic rings. The molecule has 9 nitrogen and oxygen atoms in total. The Kier molecular flexibility index (Phi) is 11.1. The number of nitrogens with one attached hydrogen (secondary N) is 1. The number of hydrogen-bond acceptors (Lipinski definition) is 8. The second-order valence-corrected chi connectivity index (χ2v) is 11.2. The maximum absolute atomic E-state index is 12.6. The quantitative estimate of drug-likeness (QED) is 0.270. The van der Waals surface area contributed by atoms with E-state index in [0.29, 0.717) is 17.8 Å². The predicted molar refractivity (Wildman–Crippen MR) is 163 cm³/mol. The molecule has 3 aromatic carbocycles. The van der Waals surface area contributed by atoms with E-state index in [1.165, 1.54) is 13.8 Å². The van der Waals surface area contributed by atoms with Crippen LogP contribution in [0.1, 0.15) is 68.4 Å². The third kappa shape index (κ3) is 8.28. The number of hydrogen-bond donors (Lipinski definition) is 3. The number of likely N-dealkylation sites (N-methyl/N-ethyl adjacent to an activating group) is 1. The van der Waals surface area contributed by atoms with Gasteiger partial charge in [0.05, 0.1) is 24.9 Å². The molecule has 1 amide bonds. The van der Waals surface area contributed by atoms with E-state index in [1.54, 1.807) is 18.2 Å². The molecule has 0 bridgehead atoms. The number of amides is 1. The maximum atomic E-state index is 12.6. The molecule has 0 spiro atoms. The summed E-state index contributed by atoms with van der Waals surface area (Å²) in [7, 11) is 1.98. The van der Waals surface area contributed by atoms with Crippen molar-refractivity contribution in [1.82, 2.24) is 4.90 Å². The van der Waals surface area contributed by atoms with Gasteiger partial charge in [-0.15, -0.1) is 0 Å². The van der Waals surface area contributed by atoms with E-state index < -0.39 is 30.4 Å². The van der Waals surface area contributed by atoms with Crippen LogP contribution in [0.4, 0.5) is 5.69 Å². The van der Waals surface area contributed by atoms with Crippen molar-refractivity contribution in [3.8, 4) is 0 Å². The van der Waals surface area contributed by atoms with Crippen LogP contribution in [0.15, 0.2) is 78.9 Å². The van der Waals surface area contributed by atoms with Gasteiger partial charge in [0.2, 0.25) is 0 Å². The molecule has 1 heterocycles. The molecule has 0 saturated carbocycles. The highest BCUT2D eigenvalue weighted by Crippen LogP contribution is 2.42. The van der Waals surface area contributed by atoms with Crippen molar-refractivity contribution in [2.45, 2.75) is 71.0 Å². The molecule has 3 N–H and O–H groups in total. The number of aliphatic hydroxyl groups excluding tert-OH is 2. The highest BCUT2D eigenvalue weighted by Gasteiger charge is 2.39. The molecule has 4 rings (SSSR count). The first kappa shape index (κ1) is 32.3. The van der Waals surface area contributed by atoms with E-state index in [9.17, 15) is 19.8 Å². The molecule has 0 aliphatic carbocycles. The summed E-state index contributed by atoms with van der Waals surface area (Å²) in [5, 5.41) is 23.4. The fraction of sp³-hybridized carbons (Fsp3) is 0.412. The first-order valence-electron chi connectivity index (χ1n) is 14.6. The van der Waals surface area contributed by atoms with Crippen LogP contribution in [0.3, 0.4) is 0 Å². The van der Waals surface area contributed by atoms with Gasteiger partial charge in [0.1, 0.15) is 0 Å². The average molecular weight is 591 g/mol. The molecule has 0 radical (unpaired) electrons. The lowest BCUT2D eigenvalue weighted by Crippen LogP contribution is -2.46. The van der Waals surface area contributed by atoms with Gasteiger partial charge in [0, 0.05) is 36.7 Å². The predicted octanol–water partition coefficient (Wildman–Crippen LogP) is 4.91. The smallest absolute Gasteiger partial charge is 0.303 e. The van der Waals surface area contributed by atoms with Gasteiger partial charge in [-0.05, 0) is 49.7 Å². The first-order chi connectivity index (χ1) is 20.6. The number of anilines is 1. The molecule has 1 aliphatic heterocycles. The highest BCUT2D eigenvalue weighted by molar-refractivity contribution is 5.95. The minimum absolute atomic E-state index is 0.0449. The van der Waals surface area contributed by atoms with Crippen molar-refractivity contribution < 1.29 is 34.0 Å². The third-order valence-corrected chi connectivity index (χ3v) is 8.02. The Hall–Kier alpha value is -3.60. The second-order valence-electron chi connectivity index (χ2n) is 11.2. The maximum Gasteiger partial charge on any atom is 0.303 e. The summed E-state index contributed by atoms with van der Waals surface area (Å²) in [6.07, 6.45) is -2.94. The summed E-state index contributed by atoms with van der Waals surface area (Å²) in [6, 6.07) is 24.3. The van der Waals surface area contributed by atoms with Gasteiger partial charge in [-0.3, -0.25) is 14.5 Å². The van der Waals surface area contributed by atoms with Gasteiger partial charge in [0.15, 0.2) is 12.4 Å². The van der Waals surface area contributed by atoms with Crippen LogP contribution in [0.2, 0.25) is 0 Å². The molecule has 1 unspecified atom stereocenters. The number of carbonyl (C=O) groups excluding carboxylic acids is 2. The number of benzene rings is 3. The van der Waals surface area contributed by atoms with E-state index in [-0.39, 0.29) is 30.8 Å². The van der Waals surface area contributed by atoms with Gasteiger partial charge in [-0.2, -0.15) is 0 Å². The summed E-state index contributed by atoms with van der Waals surface area (Å²) in [4.78, 5) is 25.9. The van der Waals surface area contributed by atoms with E-state index in [1.807, 2.05) is 74.6 Å². The fourth-order valence-electron chi connectivity index (χ4n) is 5.26. The minimum atomic E-state index is -0.941. The lowest BCUT2D eigenvalue weighted by atomic mass is 9.89. The molecule has 43 heavy (non-hydrogen) atoms. The van der Waals surface area contributed by atoms with Crippen LogP contribution >= 0.6 is 0 Å². The van der Waals surface area contributed by atoms with Crippen molar-refractivity contribution in [3.63, 3.8) is 0 Å². The molecule has 1 fully saturated rings. The Labute approximate surface area is 253 Å². The van der Waals surface area contributed by atoms with Gasteiger partial charge in [-0.25, -0.2) is 0 Å². The molecule has 230 valence electrons. The first-order valence-corrected chi connectivity index (χ1v) is 14.6. The third-order valence-electron chi connectivity index (χ3n) is 8.02. The topological polar surface area (TPSA) is 118 Å². The summed E-state index contributed by atoms with van der Waals surface area (Å²) in [5.74, 6) is -1.03. The van der Waals surface area contributed by atoms with Crippen molar-refractivity contribution in [3.05, 3.63) is 101 Å². The molecular weight excluding hydrogens is 548 g/mol. The molecule has 1 saturated heterocycles. The summed E-state index contributed by atoms with van der Waals surface area (Å²) >= 11 is 0. The van der Waals surface area contributed by atoms with Gasteiger partial charge >= 0.3 is 5.97 Å². The number of rotatable bonds is 11. The average Bonchev–Trinajstić information content (AvgIpc) is 3.01. The SMILES string of the molecule is CC(=O)O[C@@H](C)C(=O)Nc1cccc(C2O[C@H](CN(C)[C@@H](C)[C@H](O)c3ccccc3)[C@H](C)[C@H](c3ccc(CO)cc3)O2)c1. The molecule has 3 aromatic rings. The van der Waals surface area contributed by atoms with Gasteiger partial charge in [0.25, 0.3) is 5.91 Å². The summed E-state index contributed by atoms with van der Waals surface area (Å²) < 4.78 is 18.1. The zero-order valence-electron chi connectivity index (χ0n) is 25.3. The van der Waals surface area contributed by atoms with Crippen LogP contribution in [0, 0.1) is 5.92 Å². The zero-order chi connectivity index (χ0) is 31.1. The van der Waals surface area contributed by atoms with Crippen LogP contribution in [-0.2, 0) is 30.4 Å². The number of ether oxygens (including phenoxy) is 3. The monoisotopic (exact) mass is 590 g/mol. The largest absolute Gasteiger partial charge is 0.453 e. The number of carbonyl (C=O) groups is 2. The van der Waals surface area contributed by atoms with Crippen molar-refractivity contribution >= 4 is 17.6 Å². The molecule has 9 heteroatoms. The van der Waals surface area contributed by atoms with Crippen LogP contribution in [0.25, 0.3) is 0 Å². The van der Waals surface area contributed by atoms with Gasteiger partial charge in [-0.1, -0.05) is 73.7 Å². The number of aliphatic hydroxyl groups is 2. The molecule has 7 atom stereocenters. The van der Waals surface area contributed by atoms with Crippen LogP contribution in [0.5, 0.6) is 0 Å². The lowest BCUT2D eigenvalue weighted by molar-refractivity contribution is -0.276. The van der Waals surface area contributed by atoms with E-state index in [4.69, 9.17) is 14.2 Å². The highest BCUT2D eigenvalue weighted by atomic mass is 16.7. The summed E-state index contributed by atoms with van der Waals surface area (Å²) in [6.45, 7) is 7.34. The Morgan fingerprint density at radius 3 is 2.33 bits per heavy atom. The minimum Gasteiger partial charge on any atom is -0.453 e. The number of esters is 1. The molecule has 0 aromatic heterocycles. The van der Waals surface area contributed by atoms with Crippen LogP contribution in [-0.4, -0.2) is 58.8 Å². The van der Waals surface area contributed by atoms with Crippen LogP contribution < -0.4 is 5.32 Å². The fourth-order valence-corrected chi connectivity index (χ4v) is 5.26.